The molecule has 0 aromatic heterocycles. The fourth-order valence-electron chi connectivity index (χ4n) is 4.26. The summed E-state index contributed by atoms with van der Waals surface area (Å²) in [7, 11) is 0. The van der Waals surface area contributed by atoms with Crippen LogP contribution in [-0.4, -0.2) is 49.8 Å². The van der Waals surface area contributed by atoms with Gasteiger partial charge in [-0.1, -0.05) is 12.8 Å². The van der Waals surface area contributed by atoms with Crippen molar-refractivity contribution in [3.63, 3.8) is 0 Å². The van der Waals surface area contributed by atoms with Gasteiger partial charge in [-0.2, -0.15) is 0 Å². The van der Waals surface area contributed by atoms with Crippen molar-refractivity contribution >= 4 is 0 Å². The molecule has 0 aromatic rings. The second-order valence-corrected chi connectivity index (χ2v) is 6.61. The van der Waals surface area contributed by atoms with Crippen LogP contribution >= 0.6 is 0 Å². The minimum Gasteiger partial charge on any atom is -0.378 e. The van der Waals surface area contributed by atoms with Crippen molar-refractivity contribution in [2.75, 3.05) is 32.8 Å². The molecule has 1 N–H and O–H groups in total. The average Bonchev–Trinajstić information content (AvgIpc) is 2.88. The highest BCUT2D eigenvalue weighted by molar-refractivity contribution is 4.89. The largest absolute Gasteiger partial charge is 0.378 e. The smallest absolute Gasteiger partial charge is 0.0599 e. The van der Waals surface area contributed by atoms with Crippen molar-refractivity contribution in [3.8, 4) is 0 Å². The lowest BCUT2D eigenvalue weighted by molar-refractivity contribution is 0.0263. The molecule has 110 valence electrons. The van der Waals surface area contributed by atoms with E-state index in [1.54, 1.807) is 0 Å². The molecular formula is C16H30N2O. The highest BCUT2D eigenvalue weighted by Gasteiger charge is 2.34. The summed E-state index contributed by atoms with van der Waals surface area (Å²) in [6.07, 6.45) is 11.5. The summed E-state index contributed by atoms with van der Waals surface area (Å²) in [6, 6.07) is 0.924. The van der Waals surface area contributed by atoms with E-state index >= 15 is 0 Å². The lowest BCUT2D eigenvalue weighted by Gasteiger charge is -2.32. The quantitative estimate of drug-likeness (QED) is 0.773. The van der Waals surface area contributed by atoms with Crippen LogP contribution in [0.5, 0.6) is 0 Å². The van der Waals surface area contributed by atoms with Gasteiger partial charge in [0.25, 0.3) is 0 Å². The molecule has 1 aliphatic carbocycles. The van der Waals surface area contributed by atoms with Crippen molar-refractivity contribution in [2.45, 2.75) is 63.5 Å². The number of fused-ring (bicyclic) bond motifs is 1. The third kappa shape index (κ3) is 3.71. The average molecular weight is 266 g/mol. The summed E-state index contributed by atoms with van der Waals surface area (Å²) < 4.78 is 6.01. The Hall–Kier alpha value is -0.120. The van der Waals surface area contributed by atoms with Gasteiger partial charge < -0.3 is 15.0 Å². The van der Waals surface area contributed by atoms with Crippen LogP contribution in [0.25, 0.3) is 0 Å². The molecular weight excluding hydrogens is 236 g/mol. The number of ether oxygens (including phenoxy) is 1. The first kappa shape index (κ1) is 13.8. The summed E-state index contributed by atoms with van der Waals surface area (Å²) in [5.74, 6) is 1.03. The van der Waals surface area contributed by atoms with Gasteiger partial charge in [-0.15, -0.1) is 0 Å². The van der Waals surface area contributed by atoms with Gasteiger partial charge >= 0.3 is 0 Å². The number of hydrogen-bond acceptors (Lipinski definition) is 3. The van der Waals surface area contributed by atoms with E-state index < -0.39 is 0 Å². The van der Waals surface area contributed by atoms with Gasteiger partial charge in [0.05, 0.1) is 6.10 Å². The monoisotopic (exact) mass is 266 g/mol. The molecule has 0 radical (unpaired) electrons. The van der Waals surface area contributed by atoms with Gasteiger partial charge in [-0.05, 0) is 64.1 Å². The minimum atomic E-state index is 0.530. The van der Waals surface area contributed by atoms with Gasteiger partial charge in [0.15, 0.2) is 0 Å². The Bertz CT molecular complexity index is 265. The summed E-state index contributed by atoms with van der Waals surface area (Å²) in [4.78, 5) is 2.76. The van der Waals surface area contributed by atoms with Crippen LogP contribution < -0.4 is 5.32 Å². The zero-order chi connectivity index (χ0) is 12.9. The van der Waals surface area contributed by atoms with E-state index in [-0.39, 0.29) is 0 Å². The maximum absolute atomic E-state index is 6.01. The van der Waals surface area contributed by atoms with Crippen molar-refractivity contribution in [3.05, 3.63) is 0 Å². The number of hydrogen-bond donors (Lipinski definition) is 1. The van der Waals surface area contributed by atoms with Crippen LogP contribution in [0.4, 0.5) is 0 Å². The molecule has 3 nitrogen and oxygen atoms in total. The van der Waals surface area contributed by atoms with Gasteiger partial charge in [0.2, 0.25) is 0 Å². The van der Waals surface area contributed by atoms with E-state index in [1.165, 1.54) is 64.5 Å². The van der Waals surface area contributed by atoms with Crippen LogP contribution in [-0.2, 0) is 4.74 Å². The summed E-state index contributed by atoms with van der Waals surface area (Å²) in [6.45, 7) is 5.87. The third-order valence-corrected chi connectivity index (χ3v) is 5.35. The van der Waals surface area contributed by atoms with Gasteiger partial charge in [0, 0.05) is 19.2 Å². The third-order valence-electron chi connectivity index (χ3n) is 5.35. The molecule has 0 spiro atoms. The summed E-state index contributed by atoms with van der Waals surface area (Å²) in [5, 5.41) is 3.39. The van der Waals surface area contributed by atoms with E-state index in [0.29, 0.717) is 6.10 Å². The molecule has 0 amide bonds. The van der Waals surface area contributed by atoms with Gasteiger partial charge in [0.1, 0.15) is 0 Å². The highest BCUT2D eigenvalue weighted by Crippen LogP contribution is 2.35. The first-order valence-corrected chi connectivity index (χ1v) is 8.50. The van der Waals surface area contributed by atoms with Gasteiger partial charge in [-0.25, -0.2) is 0 Å². The predicted octanol–water partition coefficient (Wildman–Crippen LogP) is 2.41. The summed E-state index contributed by atoms with van der Waals surface area (Å²) >= 11 is 0. The number of piperidine rings is 1. The Kier molecular flexibility index (Phi) is 5.14. The number of nitrogens with one attached hydrogen (secondary N) is 1. The second kappa shape index (κ2) is 7.05. The maximum Gasteiger partial charge on any atom is 0.0599 e. The molecule has 3 heteroatoms. The Morgan fingerprint density at radius 2 is 1.84 bits per heavy atom. The molecule has 3 fully saturated rings. The normalized spacial score (nSPS) is 33.5. The molecule has 3 rings (SSSR count). The van der Waals surface area contributed by atoms with E-state index in [9.17, 15) is 0 Å². The van der Waals surface area contributed by atoms with Crippen molar-refractivity contribution in [1.29, 1.82) is 0 Å². The van der Waals surface area contributed by atoms with E-state index in [2.05, 4.69) is 10.2 Å². The van der Waals surface area contributed by atoms with Gasteiger partial charge in [-0.3, -0.25) is 0 Å². The first-order chi connectivity index (χ1) is 9.43. The number of rotatable bonds is 5. The molecule has 3 aliphatic rings. The van der Waals surface area contributed by atoms with Crippen LogP contribution in [0.1, 0.15) is 51.4 Å². The molecule has 0 aromatic carbocycles. The fraction of sp³-hybridized carbons (Fsp3) is 1.00. The zero-order valence-corrected chi connectivity index (χ0v) is 12.3. The Balaban J connectivity index is 1.31. The second-order valence-electron chi connectivity index (χ2n) is 6.61. The lowest BCUT2D eigenvalue weighted by Crippen LogP contribution is -2.36. The maximum atomic E-state index is 6.01. The van der Waals surface area contributed by atoms with E-state index in [0.717, 1.165) is 31.7 Å². The minimum absolute atomic E-state index is 0.530. The fourth-order valence-corrected chi connectivity index (χ4v) is 4.26. The Morgan fingerprint density at radius 3 is 2.74 bits per heavy atom. The lowest BCUT2D eigenvalue weighted by atomic mass is 9.85. The molecule has 2 aliphatic heterocycles. The number of nitrogens with zero attached hydrogens (tertiary/aromatic N) is 1. The molecule has 19 heavy (non-hydrogen) atoms. The highest BCUT2D eigenvalue weighted by atomic mass is 16.5. The number of likely N-dealkylation sites (tertiary alicyclic amines) is 1. The predicted molar refractivity (Wildman–Crippen MR) is 78.4 cm³/mol. The molecule has 0 bridgehead atoms. The van der Waals surface area contributed by atoms with Crippen molar-refractivity contribution in [2.24, 2.45) is 5.92 Å². The Morgan fingerprint density at radius 1 is 1.00 bits per heavy atom. The van der Waals surface area contributed by atoms with Crippen molar-refractivity contribution < 1.29 is 4.74 Å². The van der Waals surface area contributed by atoms with Crippen molar-refractivity contribution in [1.82, 2.24) is 10.2 Å². The topological polar surface area (TPSA) is 24.5 Å². The molecule has 1 saturated carbocycles. The first-order valence-electron chi connectivity index (χ1n) is 8.50. The SMILES string of the molecule is C1CCC2C(C1)CCN2CCCOC1CCNCC1. The molecule has 2 saturated heterocycles. The van der Waals surface area contributed by atoms with Crippen LogP contribution in [0.15, 0.2) is 0 Å². The molecule has 2 heterocycles. The van der Waals surface area contributed by atoms with E-state index in [1.807, 2.05) is 0 Å². The summed E-state index contributed by atoms with van der Waals surface area (Å²) in [5.41, 5.74) is 0. The van der Waals surface area contributed by atoms with Crippen LogP contribution in [0.2, 0.25) is 0 Å². The Labute approximate surface area is 118 Å². The standard InChI is InChI=1S/C16H30N2O/c1-2-5-16-14(4-1)8-12-18(16)11-3-13-19-15-6-9-17-10-7-15/h14-17H,1-13H2. The van der Waals surface area contributed by atoms with Crippen LogP contribution in [0, 0.1) is 5.92 Å². The molecule has 2 unspecified atom stereocenters. The van der Waals surface area contributed by atoms with Crippen LogP contribution in [0.3, 0.4) is 0 Å². The van der Waals surface area contributed by atoms with E-state index in [4.69, 9.17) is 4.74 Å². The zero-order valence-electron chi connectivity index (χ0n) is 12.3. The molecule has 2 atom stereocenters.